The fourth-order valence-electron chi connectivity index (χ4n) is 1.37. The van der Waals surface area contributed by atoms with Crippen molar-refractivity contribution < 1.29 is 9.90 Å². The van der Waals surface area contributed by atoms with Gasteiger partial charge in [0.25, 0.3) is 0 Å². The largest absolute Gasteiger partial charge is 0.478 e. The highest BCUT2D eigenvalue weighted by Crippen LogP contribution is 2.28. The predicted octanol–water partition coefficient (Wildman–Crippen LogP) is 2.27. The second-order valence-corrected chi connectivity index (χ2v) is 4.62. The van der Waals surface area contributed by atoms with Gasteiger partial charge in [0.1, 0.15) is 5.82 Å². The summed E-state index contributed by atoms with van der Waals surface area (Å²) in [4.78, 5) is 15.9. The number of carbonyl (C=O) groups is 1. The van der Waals surface area contributed by atoms with Crippen molar-refractivity contribution in [1.82, 2.24) is 15.2 Å². The number of hydrogen-bond donors (Lipinski definition) is 2. The zero-order chi connectivity index (χ0) is 12.4. The molecule has 1 aromatic carbocycles. The van der Waals surface area contributed by atoms with Gasteiger partial charge in [0, 0.05) is 4.90 Å². The fourth-order valence-corrected chi connectivity index (χ4v) is 2.23. The minimum Gasteiger partial charge on any atom is -0.478 e. The molecule has 0 unspecified atom stereocenters. The highest BCUT2D eigenvalue weighted by molar-refractivity contribution is 7.99. The first-order valence-corrected chi connectivity index (χ1v) is 5.78. The number of carboxylic acids is 1. The van der Waals surface area contributed by atoms with Crippen LogP contribution in [0.1, 0.15) is 21.7 Å². The third kappa shape index (κ3) is 2.65. The van der Waals surface area contributed by atoms with Gasteiger partial charge in [0.05, 0.1) is 5.56 Å². The minimum atomic E-state index is -0.941. The Kier molecular flexibility index (Phi) is 3.14. The summed E-state index contributed by atoms with van der Waals surface area (Å²) >= 11 is 1.24. The van der Waals surface area contributed by atoms with E-state index in [4.69, 9.17) is 5.11 Å². The molecule has 0 saturated carbocycles. The van der Waals surface area contributed by atoms with Crippen LogP contribution in [0.3, 0.4) is 0 Å². The van der Waals surface area contributed by atoms with Gasteiger partial charge in [0.2, 0.25) is 5.16 Å². The van der Waals surface area contributed by atoms with Crippen molar-refractivity contribution in [3.63, 3.8) is 0 Å². The van der Waals surface area contributed by atoms with Crippen LogP contribution in [0.4, 0.5) is 0 Å². The number of rotatable bonds is 3. The lowest BCUT2D eigenvalue weighted by atomic mass is 10.1. The quantitative estimate of drug-likeness (QED) is 0.872. The van der Waals surface area contributed by atoms with Crippen LogP contribution in [0.25, 0.3) is 0 Å². The molecule has 2 aromatic rings. The maximum Gasteiger partial charge on any atom is 0.336 e. The van der Waals surface area contributed by atoms with Gasteiger partial charge in [-0.15, -0.1) is 5.10 Å². The molecular formula is C11H11N3O2S. The van der Waals surface area contributed by atoms with Crippen molar-refractivity contribution in [3.8, 4) is 0 Å². The Bertz CT molecular complexity index is 566. The first-order valence-electron chi connectivity index (χ1n) is 4.97. The van der Waals surface area contributed by atoms with Gasteiger partial charge in [-0.1, -0.05) is 11.6 Å². The van der Waals surface area contributed by atoms with E-state index in [9.17, 15) is 4.79 Å². The van der Waals surface area contributed by atoms with Crippen molar-refractivity contribution in [2.24, 2.45) is 0 Å². The molecule has 0 saturated heterocycles. The lowest BCUT2D eigenvalue weighted by Crippen LogP contribution is -1.99. The maximum absolute atomic E-state index is 11.1. The number of benzene rings is 1. The lowest BCUT2D eigenvalue weighted by molar-refractivity contribution is 0.0693. The molecule has 0 aliphatic carbocycles. The van der Waals surface area contributed by atoms with Crippen molar-refractivity contribution >= 4 is 17.7 Å². The van der Waals surface area contributed by atoms with Gasteiger partial charge < -0.3 is 5.11 Å². The standard InChI is InChI=1S/C11H11N3O2S/c1-6-3-4-9(8(5-6)10(15)16)17-11-12-7(2)13-14-11/h3-5H,1-2H3,(H,15,16)(H,12,13,14). The molecule has 2 rings (SSSR count). The molecule has 0 aliphatic rings. The Labute approximate surface area is 102 Å². The van der Waals surface area contributed by atoms with Crippen molar-refractivity contribution in [2.45, 2.75) is 23.9 Å². The monoisotopic (exact) mass is 249 g/mol. The average molecular weight is 249 g/mol. The van der Waals surface area contributed by atoms with E-state index in [0.29, 0.717) is 15.9 Å². The summed E-state index contributed by atoms with van der Waals surface area (Å²) in [6.45, 7) is 3.65. The number of nitrogens with zero attached hydrogens (tertiary/aromatic N) is 2. The molecule has 88 valence electrons. The van der Waals surface area contributed by atoms with Crippen LogP contribution in [0.15, 0.2) is 28.3 Å². The van der Waals surface area contributed by atoms with Crippen LogP contribution in [0, 0.1) is 13.8 Å². The number of aromatic nitrogens is 3. The first-order chi connectivity index (χ1) is 8.06. The second-order valence-electron chi connectivity index (χ2n) is 3.61. The van der Waals surface area contributed by atoms with Crippen molar-refractivity contribution in [1.29, 1.82) is 0 Å². The zero-order valence-electron chi connectivity index (χ0n) is 9.39. The summed E-state index contributed by atoms with van der Waals surface area (Å²) in [5.74, 6) is -0.236. The van der Waals surface area contributed by atoms with Crippen LogP contribution in [0.5, 0.6) is 0 Å². The smallest absolute Gasteiger partial charge is 0.336 e. The number of hydrogen-bond acceptors (Lipinski definition) is 4. The van der Waals surface area contributed by atoms with Crippen LogP contribution in [0.2, 0.25) is 0 Å². The molecule has 0 aliphatic heterocycles. The average Bonchev–Trinajstić information content (AvgIpc) is 2.66. The Balaban J connectivity index is 2.35. The molecule has 0 bridgehead atoms. The van der Waals surface area contributed by atoms with Gasteiger partial charge in [-0.3, -0.25) is 5.10 Å². The number of aromatic carboxylic acids is 1. The Morgan fingerprint density at radius 2 is 2.18 bits per heavy atom. The normalized spacial score (nSPS) is 10.5. The van der Waals surface area contributed by atoms with E-state index < -0.39 is 5.97 Å². The number of aromatic amines is 1. The van der Waals surface area contributed by atoms with Gasteiger partial charge >= 0.3 is 5.97 Å². The molecule has 0 fully saturated rings. The highest BCUT2D eigenvalue weighted by Gasteiger charge is 2.13. The second kappa shape index (κ2) is 4.58. The first kappa shape index (κ1) is 11.7. The third-order valence-corrected chi connectivity index (χ3v) is 3.08. The highest BCUT2D eigenvalue weighted by atomic mass is 32.2. The van der Waals surface area contributed by atoms with E-state index in [1.165, 1.54) is 11.8 Å². The molecule has 5 nitrogen and oxygen atoms in total. The van der Waals surface area contributed by atoms with Crippen LogP contribution >= 0.6 is 11.8 Å². The van der Waals surface area contributed by atoms with E-state index in [1.54, 1.807) is 19.1 Å². The van der Waals surface area contributed by atoms with Crippen molar-refractivity contribution in [3.05, 3.63) is 35.2 Å². The molecule has 0 spiro atoms. The molecule has 2 N–H and O–H groups in total. The fraction of sp³-hybridized carbons (Fsp3) is 0.182. The van der Waals surface area contributed by atoms with Gasteiger partial charge in [-0.2, -0.15) is 0 Å². The minimum absolute atomic E-state index is 0.275. The maximum atomic E-state index is 11.1. The summed E-state index contributed by atoms with van der Waals surface area (Å²) in [5, 5.41) is 16.3. The van der Waals surface area contributed by atoms with Crippen LogP contribution in [-0.4, -0.2) is 26.3 Å². The van der Waals surface area contributed by atoms with Crippen LogP contribution < -0.4 is 0 Å². The van der Waals surface area contributed by atoms with Crippen LogP contribution in [-0.2, 0) is 0 Å². The molecular weight excluding hydrogens is 238 g/mol. The SMILES string of the molecule is Cc1ccc(Sc2n[nH]c(C)n2)c(C(=O)O)c1. The Morgan fingerprint density at radius 3 is 2.76 bits per heavy atom. The van der Waals surface area contributed by atoms with E-state index in [0.717, 1.165) is 5.56 Å². The Hall–Kier alpha value is -1.82. The van der Waals surface area contributed by atoms with E-state index in [-0.39, 0.29) is 5.56 Å². The number of carboxylic acid groups (broad SMARTS) is 1. The van der Waals surface area contributed by atoms with E-state index in [1.807, 2.05) is 13.0 Å². The lowest BCUT2D eigenvalue weighted by Gasteiger charge is -2.04. The molecule has 1 aromatic heterocycles. The summed E-state index contributed by atoms with van der Waals surface area (Å²) in [6, 6.07) is 5.29. The third-order valence-electron chi connectivity index (χ3n) is 2.14. The molecule has 0 radical (unpaired) electrons. The number of nitrogens with one attached hydrogen (secondary N) is 1. The van der Waals surface area contributed by atoms with E-state index >= 15 is 0 Å². The molecule has 0 amide bonds. The topological polar surface area (TPSA) is 78.9 Å². The number of H-pyrrole nitrogens is 1. The van der Waals surface area contributed by atoms with Gasteiger partial charge in [-0.05, 0) is 37.7 Å². The Morgan fingerprint density at radius 1 is 1.41 bits per heavy atom. The summed E-state index contributed by atoms with van der Waals surface area (Å²) in [6.07, 6.45) is 0. The number of aryl methyl sites for hydroxylation is 2. The summed E-state index contributed by atoms with van der Waals surface area (Å²) < 4.78 is 0. The predicted molar refractivity (Wildman–Crippen MR) is 63.4 cm³/mol. The van der Waals surface area contributed by atoms with Crippen molar-refractivity contribution in [2.75, 3.05) is 0 Å². The van der Waals surface area contributed by atoms with Gasteiger partial charge in [-0.25, -0.2) is 9.78 Å². The van der Waals surface area contributed by atoms with E-state index in [2.05, 4.69) is 15.2 Å². The summed E-state index contributed by atoms with van der Waals surface area (Å²) in [7, 11) is 0. The molecule has 6 heteroatoms. The molecule has 17 heavy (non-hydrogen) atoms. The van der Waals surface area contributed by atoms with Gasteiger partial charge in [0.15, 0.2) is 0 Å². The molecule has 0 atom stereocenters. The summed E-state index contributed by atoms with van der Waals surface area (Å²) in [5.41, 5.74) is 1.19. The molecule has 1 heterocycles. The zero-order valence-corrected chi connectivity index (χ0v) is 10.2.